The number of rotatable bonds is 5. The smallest absolute Gasteiger partial charge is 0.0813 e. The Morgan fingerprint density at radius 1 is 1.52 bits per heavy atom. The van der Waals surface area contributed by atoms with E-state index in [1.54, 1.807) is 7.11 Å². The van der Waals surface area contributed by atoms with Gasteiger partial charge in [0.25, 0.3) is 0 Å². The highest BCUT2D eigenvalue weighted by Gasteiger charge is 2.43. The van der Waals surface area contributed by atoms with E-state index in [2.05, 4.69) is 16.0 Å². The Morgan fingerprint density at radius 2 is 2.48 bits per heavy atom. The van der Waals surface area contributed by atoms with Gasteiger partial charge in [0.15, 0.2) is 0 Å². The molecule has 21 heavy (non-hydrogen) atoms. The third-order valence-electron chi connectivity index (χ3n) is 4.76. The van der Waals surface area contributed by atoms with E-state index >= 15 is 0 Å². The second-order valence-corrected chi connectivity index (χ2v) is 6.52. The molecule has 2 aliphatic rings. The topological polar surface area (TPSA) is 34.6 Å². The Bertz CT molecular complexity index is 440. The fourth-order valence-electron chi connectivity index (χ4n) is 3.77. The molecule has 0 aromatic carbocycles. The number of hydrogen-bond acceptors (Lipinski definition) is 4. The lowest BCUT2D eigenvalue weighted by atomic mass is 9.85. The van der Waals surface area contributed by atoms with E-state index in [4.69, 9.17) is 9.47 Å². The quantitative estimate of drug-likeness (QED) is 0.834. The molecule has 2 saturated heterocycles. The second kappa shape index (κ2) is 6.86. The van der Waals surface area contributed by atoms with E-state index in [0.29, 0.717) is 5.92 Å². The summed E-state index contributed by atoms with van der Waals surface area (Å²) in [4.78, 5) is 6.74. The van der Waals surface area contributed by atoms with Crippen molar-refractivity contribution < 1.29 is 9.47 Å². The molecule has 3 rings (SSSR count). The zero-order valence-electron chi connectivity index (χ0n) is 13.0. The van der Waals surface area contributed by atoms with Gasteiger partial charge in [-0.15, -0.1) is 0 Å². The molecular weight excluding hydrogens is 264 g/mol. The van der Waals surface area contributed by atoms with E-state index in [-0.39, 0.29) is 5.60 Å². The van der Waals surface area contributed by atoms with E-state index < -0.39 is 0 Å². The lowest BCUT2D eigenvalue weighted by molar-refractivity contribution is -0.0536. The van der Waals surface area contributed by atoms with E-state index in [1.807, 2.05) is 18.5 Å². The highest BCUT2D eigenvalue weighted by molar-refractivity contribution is 5.09. The van der Waals surface area contributed by atoms with Gasteiger partial charge in [-0.3, -0.25) is 9.88 Å². The van der Waals surface area contributed by atoms with Crippen LogP contribution in [0.15, 0.2) is 24.5 Å². The highest BCUT2D eigenvalue weighted by atomic mass is 16.5. The van der Waals surface area contributed by atoms with Crippen molar-refractivity contribution in [2.24, 2.45) is 5.92 Å². The van der Waals surface area contributed by atoms with Gasteiger partial charge >= 0.3 is 0 Å². The molecule has 2 unspecified atom stereocenters. The van der Waals surface area contributed by atoms with Crippen molar-refractivity contribution >= 4 is 0 Å². The second-order valence-electron chi connectivity index (χ2n) is 6.52. The van der Waals surface area contributed by atoms with Gasteiger partial charge in [-0.1, -0.05) is 6.07 Å². The van der Waals surface area contributed by atoms with Crippen molar-refractivity contribution in [1.29, 1.82) is 0 Å². The molecule has 1 spiro atoms. The maximum Gasteiger partial charge on any atom is 0.0813 e. The van der Waals surface area contributed by atoms with Crippen LogP contribution in [0.4, 0.5) is 0 Å². The Kier molecular flexibility index (Phi) is 4.88. The normalized spacial score (nSPS) is 30.0. The van der Waals surface area contributed by atoms with Crippen LogP contribution in [0, 0.1) is 5.92 Å². The maximum atomic E-state index is 6.25. The van der Waals surface area contributed by atoms with Gasteiger partial charge in [-0.2, -0.15) is 0 Å². The first-order valence-electron chi connectivity index (χ1n) is 8.04. The maximum absolute atomic E-state index is 6.25. The van der Waals surface area contributed by atoms with Crippen LogP contribution in [-0.4, -0.2) is 48.9 Å². The van der Waals surface area contributed by atoms with Crippen LogP contribution in [-0.2, 0) is 16.0 Å². The number of hydrogen-bond donors (Lipinski definition) is 0. The first-order valence-corrected chi connectivity index (χ1v) is 8.04. The van der Waals surface area contributed by atoms with Crippen LogP contribution in [0.3, 0.4) is 0 Å². The van der Waals surface area contributed by atoms with Crippen LogP contribution in [0.1, 0.15) is 31.2 Å². The van der Waals surface area contributed by atoms with Crippen molar-refractivity contribution in [2.45, 2.75) is 37.8 Å². The third kappa shape index (κ3) is 3.82. The summed E-state index contributed by atoms with van der Waals surface area (Å²) in [6, 6.07) is 4.17. The zero-order valence-corrected chi connectivity index (χ0v) is 13.0. The van der Waals surface area contributed by atoms with E-state index in [0.717, 1.165) is 32.7 Å². The summed E-state index contributed by atoms with van der Waals surface area (Å²) in [5, 5.41) is 0. The summed E-state index contributed by atoms with van der Waals surface area (Å²) in [7, 11) is 1.78. The average Bonchev–Trinajstić information content (AvgIpc) is 2.89. The number of likely N-dealkylation sites (tertiary alicyclic amines) is 1. The third-order valence-corrected chi connectivity index (χ3v) is 4.76. The predicted molar refractivity (Wildman–Crippen MR) is 82.0 cm³/mol. The number of piperidine rings is 1. The van der Waals surface area contributed by atoms with Crippen molar-refractivity contribution in [3.05, 3.63) is 30.1 Å². The molecule has 3 heterocycles. The number of aromatic nitrogens is 1. The monoisotopic (exact) mass is 290 g/mol. The SMILES string of the molecule is COCCC1COC2(CCCN(Cc3cccnc3)C2)C1. The minimum absolute atomic E-state index is 0.0961. The lowest BCUT2D eigenvalue weighted by Crippen LogP contribution is -2.47. The lowest BCUT2D eigenvalue weighted by Gasteiger charge is -2.39. The van der Waals surface area contributed by atoms with Crippen LogP contribution < -0.4 is 0 Å². The van der Waals surface area contributed by atoms with Gasteiger partial charge in [0, 0.05) is 39.2 Å². The highest BCUT2D eigenvalue weighted by Crippen LogP contribution is 2.38. The molecule has 4 nitrogen and oxygen atoms in total. The Balaban J connectivity index is 1.56. The molecule has 0 N–H and O–H groups in total. The van der Waals surface area contributed by atoms with Crippen LogP contribution in [0.25, 0.3) is 0 Å². The van der Waals surface area contributed by atoms with Gasteiger partial charge < -0.3 is 9.47 Å². The number of ether oxygens (including phenoxy) is 2. The standard InChI is InChI=1S/C17H26N2O2/c1-20-9-5-15-10-17(21-13-15)6-3-8-19(14-17)12-16-4-2-7-18-11-16/h2,4,7,11,15H,3,5-6,8-10,12-14H2,1H3. The summed E-state index contributed by atoms with van der Waals surface area (Å²) in [6.07, 6.45) is 8.57. The Morgan fingerprint density at radius 3 is 3.29 bits per heavy atom. The van der Waals surface area contributed by atoms with Gasteiger partial charge in [-0.05, 0) is 49.8 Å². The van der Waals surface area contributed by atoms with Gasteiger partial charge in [0.05, 0.1) is 12.2 Å². The average molecular weight is 290 g/mol. The molecule has 0 saturated carbocycles. The van der Waals surface area contributed by atoms with E-state index in [9.17, 15) is 0 Å². The summed E-state index contributed by atoms with van der Waals surface area (Å²) >= 11 is 0. The molecule has 0 amide bonds. The molecule has 0 radical (unpaired) electrons. The number of methoxy groups -OCH3 is 1. The Hall–Kier alpha value is -0.970. The fraction of sp³-hybridized carbons (Fsp3) is 0.706. The summed E-state index contributed by atoms with van der Waals surface area (Å²) in [5.41, 5.74) is 1.39. The molecule has 0 aliphatic carbocycles. The fourth-order valence-corrected chi connectivity index (χ4v) is 3.77. The van der Waals surface area contributed by atoms with Gasteiger partial charge in [0.1, 0.15) is 0 Å². The largest absolute Gasteiger partial charge is 0.385 e. The van der Waals surface area contributed by atoms with Crippen molar-refractivity contribution in [3.63, 3.8) is 0 Å². The predicted octanol–water partition coefficient (Wildman–Crippen LogP) is 2.49. The molecule has 2 aliphatic heterocycles. The van der Waals surface area contributed by atoms with Crippen LogP contribution in [0.2, 0.25) is 0 Å². The minimum atomic E-state index is 0.0961. The molecule has 0 bridgehead atoms. The molecular formula is C17H26N2O2. The zero-order chi connectivity index (χ0) is 14.5. The molecule has 1 aromatic rings. The number of nitrogens with zero attached hydrogens (tertiary/aromatic N) is 2. The Labute approximate surface area is 127 Å². The summed E-state index contributed by atoms with van der Waals surface area (Å²) < 4.78 is 11.5. The molecule has 116 valence electrons. The molecule has 1 aromatic heterocycles. The first-order chi connectivity index (χ1) is 10.3. The van der Waals surface area contributed by atoms with E-state index in [1.165, 1.54) is 31.4 Å². The van der Waals surface area contributed by atoms with Crippen LogP contribution >= 0.6 is 0 Å². The summed E-state index contributed by atoms with van der Waals surface area (Å²) in [6.45, 7) is 4.98. The van der Waals surface area contributed by atoms with Crippen LogP contribution in [0.5, 0.6) is 0 Å². The van der Waals surface area contributed by atoms with Crippen molar-refractivity contribution in [2.75, 3.05) is 33.4 Å². The summed E-state index contributed by atoms with van der Waals surface area (Å²) in [5.74, 6) is 0.670. The van der Waals surface area contributed by atoms with Crippen molar-refractivity contribution in [1.82, 2.24) is 9.88 Å². The minimum Gasteiger partial charge on any atom is -0.385 e. The number of pyridine rings is 1. The molecule has 2 fully saturated rings. The van der Waals surface area contributed by atoms with Crippen molar-refractivity contribution in [3.8, 4) is 0 Å². The first kappa shape index (κ1) is 14.9. The molecule has 2 atom stereocenters. The molecule has 4 heteroatoms. The van der Waals surface area contributed by atoms with Gasteiger partial charge in [-0.25, -0.2) is 0 Å². The van der Waals surface area contributed by atoms with Gasteiger partial charge in [0.2, 0.25) is 0 Å².